The van der Waals surface area contributed by atoms with E-state index in [2.05, 4.69) is 0 Å². The number of carbonyl (C=O) groups is 1. The van der Waals surface area contributed by atoms with Gasteiger partial charge in [-0.3, -0.25) is 4.79 Å². The topological polar surface area (TPSA) is 35.5 Å². The van der Waals surface area contributed by atoms with Crippen LogP contribution in [0.4, 0.5) is 0 Å². The summed E-state index contributed by atoms with van der Waals surface area (Å²) in [6.45, 7) is 7.54. The van der Waals surface area contributed by atoms with Crippen LogP contribution in [0, 0.1) is 5.41 Å². The first kappa shape index (κ1) is 12.6. The van der Waals surface area contributed by atoms with Crippen LogP contribution < -0.4 is 0 Å². The molecule has 0 aromatic carbocycles. The van der Waals surface area contributed by atoms with Crippen molar-refractivity contribution in [1.82, 2.24) is 0 Å². The molecular formula is C9H20O3Si. The Labute approximate surface area is 82.7 Å². The highest BCUT2D eigenvalue weighted by atomic mass is 28.2. The summed E-state index contributed by atoms with van der Waals surface area (Å²) < 4.78 is 10.2. The summed E-state index contributed by atoms with van der Waals surface area (Å²) in [6.07, 6.45) is -0.0315. The largest absolute Gasteiger partial charge is 0.463 e. The molecule has 0 spiro atoms. The van der Waals surface area contributed by atoms with Gasteiger partial charge in [0.1, 0.15) is 0 Å². The number of carbonyl (C=O) groups excluding carboxylic acids is 1. The lowest BCUT2D eigenvalue weighted by Gasteiger charge is -2.23. The van der Waals surface area contributed by atoms with E-state index >= 15 is 0 Å². The highest BCUT2D eigenvalue weighted by Gasteiger charge is 2.29. The van der Waals surface area contributed by atoms with Crippen molar-refractivity contribution in [3.63, 3.8) is 0 Å². The standard InChI is InChI=1S/C9H20O3Si/c1-7(2)12-8(10)9(3,4)6-13-11-5/h7H,6,13H2,1-5H3. The van der Waals surface area contributed by atoms with Crippen LogP contribution in [0.3, 0.4) is 0 Å². The van der Waals surface area contributed by atoms with Crippen molar-refractivity contribution in [3.8, 4) is 0 Å². The molecule has 0 heterocycles. The zero-order chi connectivity index (χ0) is 10.5. The van der Waals surface area contributed by atoms with Crippen molar-refractivity contribution < 1.29 is 14.0 Å². The van der Waals surface area contributed by atoms with Gasteiger partial charge in [-0.15, -0.1) is 0 Å². The van der Waals surface area contributed by atoms with Gasteiger partial charge in [-0.2, -0.15) is 0 Å². The molecule has 3 nitrogen and oxygen atoms in total. The van der Waals surface area contributed by atoms with Crippen LogP contribution >= 0.6 is 0 Å². The number of rotatable bonds is 5. The Morgan fingerprint density at radius 2 is 2.00 bits per heavy atom. The summed E-state index contributed by atoms with van der Waals surface area (Å²) >= 11 is 0. The molecule has 0 aliphatic carbocycles. The highest BCUT2D eigenvalue weighted by molar-refractivity contribution is 6.28. The molecule has 0 atom stereocenters. The third kappa shape index (κ3) is 5.05. The molecule has 0 saturated carbocycles. The molecule has 0 amide bonds. The second kappa shape index (κ2) is 5.39. The van der Waals surface area contributed by atoms with E-state index in [1.165, 1.54) is 0 Å². The maximum atomic E-state index is 11.5. The van der Waals surface area contributed by atoms with Gasteiger partial charge in [0, 0.05) is 7.11 Å². The molecule has 78 valence electrons. The van der Waals surface area contributed by atoms with E-state index in [1.807, 2.05) is 27.7 Å². The maximum Gasteiger partial charge on any atom is 0.311 e. The quantitative estimate of drug-likeness (QED) is 0.497. The van der Waals surface area contributed by atoms with Crippen LogP contribution in [0.2, 0.25) is 6.04 Å². The predicted molar refractivity (Wildman–Crippen MR) is 55.4 cm³/mol. The average Bonchev–Trinajstić information content (AvgIpc) is 1.99. The van der Waals surface area contributed by atoms with Gasteiger partial charge < -0.3 is 9.16 Å². The molecule has 0 rings (SSSR count). The minimum Gasteiger partial charge on any atom is -0.463 e. The van der Waals surface area contributed by atoms with Crippen LogP contribution in [0.25, 0.3) is 0 Å². The van der Waals surface area contributed by atoms with Crippen molar-refractivity contribution in [2.45, 2.75) is 39.8 Å². The molecule has 0 saturated heterocycles. The van der Waals surface area contributed by atoms with Crippen LogP contribution in [0.1, 0.15) is 27.7 Å². The number of hydrogen-bond acceptors (Lipinski definition) is 3. The van der Waals surface area contributed by atoms with Gasteiger partial charge in [0.2, 0.25) is 0 Å². The Bertz CT molecular complexity index is 166. The first-order valence-electron chi connectivity index (χ1n) is 4.60. The summed E-state index contributed by atoms with van der Waals surface area (Å²) in [5.41, 5.74) is -0.382. The molecule has 4 heteroatoms. The van der Waals surface area contributed by atoms with Crippen molar-refractivity contribution in [3.05, 3.63) is 0 Å². The van der Waals surface area contributed by atoms with Crippen LogP contribution in [-0.2, 0) is 14.0 Å². The van der Waals surface area contributed by atoms with E-state index < -0.39 is 9.76 Å². The molecule has 0 aliphatic heterocycles. The Hall–Kier alpha value is -0.353. The van der Waals surface area contributed by atoms with Gasteiger partial charge >= 0.3 is 5.97 Å². The normalized spacial score (nSPS) is 12.8. The van der Waals surface area contributed by atoms with Crippen LogP contribution in [0.15, 0.2) is 0 Å². The molecule has 0 radical (unpaired) electrons. The molecule has 13 heavy (non-hydrogen) atoms. The van der Waals surface area contributed by atoms with Crippen molar-refractivity contribution in [1.29, 1.82) is 0 Å². The summed E-state index contributed by atoms with van der Waals surface area (Å²) in [4.78, 5) is 11.5. The van der Waals surface area contributed by atoms with E-state index in [9.17, 15) is 4.79 Å². The Kier molecular flexibility index (Phi) is 5.25. The SMILES string of the molecule is CO[SiH2]CC(C)(C)C(=O)OC(C)C. The van der Waals surface area contributed by atoms with Gasteiger partial charge in [0.25, 0.3) is 0 Å². The van der Waals surface area contributed by atoms with Gasteiger partial charge in [-0.25, -0.2) is 0 Å². The van der Waals surface area contributed by atoms with Crippen molar-refractivity contribution >= 4 is 15.7 Å². The van der Waals surface area contributed by atoms with Crippen molar-refractivity contribution in [2.75, 3.05) is 7.11 Å². The monoisotopic (exact) mass is 204 g/mol. The summed E-state index contributed by atoms with van der Waals surface area (Å²) in [5.74, 6) is -0.118. The van der Waals surface area contributed by atoms with E-state index in [-0.39, 0.29) is 17.5 Å². The number of hydrogen-bond donors (Lipinski definition) is 0. The lowest BCUT2D eigenvalue weighted by Crippen LogP contribution is -2.30. The van der Waals surface area contributed by atoms with Gasteiger partial charge in [0.05, 0.1) is 11.5 Å². The predicted octanol–water partition coefficient (Wildman–Crippen LogP) is 1.11. The fraction of sp³-hybridized carbons (Fsp3) is 0.889. The molecule has 0 bridgehead atoms. The Morgan fingerprint density at radius 1 is 1.46 bits per heavy atom. The molecule has 0 unspecified atom stereocenters. The fourth-order valence-corrected chi connectivity index (χ4v) is 1.75. The van der Waals surface area contributed by atoms with Crippen molar-refractivity contribution in [2.24, 2.45) is 5.41 Å². The lowest BCUT2D eigenvalue weighted by atomic mass is 9.97. The minimum absolute atomic E-state index is 0.0315. The Morgan fingerprint density at radius 3 is 2.38 bits per heavy atom. The van der Waals surface area contributed by atoms with Crippen LogP contribution in [-0.4, -0.2) is 28.9 Å². The van der Waals surface area contributed by atoms with E-state index in [0.29, 0.717) is 0 Å². The maximum absolute atomic E-state index is 11.5. The highest BCUT2D eigenvalue weighted by Crippen LogP contribution is 2.23. The molecule has 0 fully saturated rings. The average molecular weight is 204 g/mol. The van der Waals surface area contributed by atoms with Gasteiger partial charge in [-0.05, 0) is 33.7 Å². The van der Waals surface area contributed by atoms with Gasteiger partial charge in [-0.1, -0.05) is 0 Å². The minimum atomic E-state index is -0.560. The van der Waals surface area contributed by atoms with E-state index in [1.54, 1.807) is 7.11 Å². The zero-order valence-corrected chi connectivity index (χ0v) is 10.6. The molecule has 0 N–H and O–H groups in total. The van der Waals surface area contributed by atoms with Crippen LogP contribution in [0.5, 0.6) is 0 Å². The zero-order valence-electron chi connectivity index (χ0n) is 9.22. The smallest absolute Gasteiger partial charge is 0.311 e. The molecule has 0 aromatic rings. The fourth-order valence-electron chi connectivity index (χ4n) is 0.833. The molecular weight excluding hydrogens is 184 g/mol. The van der Waals surface area contributed by atoms with E-state index in [0.717, 1.165) is 6.04 Å². The lowest BCUT2D eigenvalue weighted by molar-refractivity contribution is -0.156. The number of esters is 1. The summed E-state index contributed by atoms with van der Waals surface area (Å²) in [6, 6.07) is 0.828. The first-order chi connectivity index (χ1) is 5.90. The molecule has 0 aromatic heterocycles. The molecule has 0 aliphatic rings. The van der Waals surface area contributed by atoms with Gasteiger partial charge in [0.15, 0.2) is 9.76 Å². The second-order valence-corrected chi connectivity index (χ2v) is 5.57. The summed E-state index contributed by atoms with van der Waals surface area (Å²) in [5, 5.41) is 0. The third-order valence-electron chi connectivity index (χ3n) is 1.83. The summed E-state index contributed by atoms with van der Waals surface area (Å²) in [7, 11) is 1.13. The first-order valence-corrected chi connectivity index (χ1v) is 6.18. The second-order valence-electron chi connectivity index (χ2n) is 4.08. The number of ether oxygens (including phenoxy) is 1. The Balaban J connectivity index is 4.03. The van der Waals surface area contributed by atoms with E-state index in [4.69, 9.17) is 9.16 Å². The third-order valence-corrected chi connectivity index (χ3v) is 3.69.